The number of ether oxygens (including phenoxy) is 1. The van der Waals surface area contributed by atoms with Gasteiger partial charge in [0.1, 0.15) is 41.6 Å². The minimum absolute atomic E-state index is 0.0386. The highest BCUT2D eigenvalue weighted by molar-refractivity contribution is 8.00. The van der Waals surface area contributed by atoms with Crippen molar-refractivity contribution in [1.82, 2.24) is 10.2 Å². The van der Waals surface area contributed by atoms with E-state index in [2.05, 4.69) is 5.32 Å². The van der Waals surface area contributed by atoms with E-state index in [1.165, 1.54) is 37.7 Å². The number of hydrogen-bond acceptors (Lipinski definition) is 9. The molecule has 1 aromatic rings. The van der Waals surface area contributed by atoms with Gasteiger partial charge in [-0.2, -0.15) is 0 Å². The van der Waals surface area contributed by atoms with E-state index in [1.807, 2.05) is 0 Å². The number of alkyl halides is 3. The number of esters is 1. The molecule has 1 saturated heterocycles. The van der Waals surface area contributed by atoms with Gasteiger partial charge in [-0.1, -0.05) is 59.1 Å². The van der Waals surface area contributed by atoms with Crippen molar-refractivity contribution in [3.8, 4) is 0 Å². The normalized spacial score (nSPS) is 21.6. The molecule has 2 heterocycles. The number of Topliss-reactive ketones (excluding diaryl/α,β-unsaturated/α-hetero) is 2. The van der Waals surface area contributed by atoms with Gasteiger partial charge in [0.25, 0.3) is 11.8 Å². The maximum atomic E-state index is 13.2. The molecular weight excluding hydrogens is 595 g/mol. The van der Waals surface area contributed by atoms with E-state index in [9.17, 15) is 33.9 Å². The summed E-state index contributed by atoms with van der Waals surface area (Å²) in [6.45, 7) is 3.53. The lowest BCUT2D eigenvalue weighted by molar-refractivity contribution is -0.153. The summed E-state index contributed by atoms with van der Waals surface area (Å²) < 4.78 is 3.20. The molecule has 0 radical (unpaired) electrons. The van der Waals surface area contributed by atoms with E-state index >= 15 is 0 Å². The summed E-state index contributed by atoms with van der Waals surface area (Å²) >= 11 is 18.3. The van der Waals surface area contributed by atoms with Crippen LogP contribution < -0.4 is 5.32 Å². The Kier molecular flexibility index (Phi) is 9.87. The number of aliphatic hydroxyl groups is 1. The van der Waals surface area contributed by atoms with Gasteiger partial charge in [-0.15, -0.1) is 11.8 Å². The fourth-order valence-corrected chi connectivity index (χ4v) is 6.16. The van der Waals surface area contributed by atoms with E-state index in [0.717, 1.165) is 4.90 Å². The van der Waals surface area contributed by atoms with Gasteiger partial charge in [0.2, 0.25) is 3.79 Å². The van der Waals surface area contributed by atoms with Gasteiger partial charge in [0, 0.05) is 16.4 Å². The van der Waals surface area contributed by atoms with E-state index < -0.39 is 56.9 Å². The molecule has 2 aliphatic rings. The molecule has 14 heteroatoms. The van der Waals surface area contributed by atoms with Crippen LogP contribution in [-0.2, 0) is 28.7 Å². The van der Waals surface area contributed by atoms with Crippen LogP contribution in [-0.4, -0.2) is 72.7 Å². The third-order valence-corrected chi connectivity index (χ3v) is 8.36. The number of amides is 2. The lowest BCUT2D eigenvalue weighted by Crippen LogP contribution is -2.71. The molecule has 10 nitrogen and oxygen atoms in total. The third-order valence-electron chi connectivity index (χ3n) is 6.40. The number of carbonyl (C=O) groups excluding carboxylic acids is 6. The topological polar surface area (TPSA) is 147 Å². The second-order valence-corrected chi connectivity index (χ2v) is 12.9. The average Bonchev–Trinajstić information content (AvgIpc) is 2.87. The number of aldehydes is 1. The first-order chi connectivity index (χ1) is 18.2. The molecule has 1 fully saturated rings. The Morgan fingerprint density at radius 2 is 1.79 bits per heavy atom. The first kappa shape index (κ1) is 31.1. The molecular formula is C25H25Cl3N2O8S. The van der Waals surface area contributed by atoms with Crippen LogP contribution in [0.3, 0.4) is 0 Å². The largest absolute Gasteiger partial charge is 0.456 e. The summed E-state index contributed by atoms with van der Waals surface area (Å²) in [4.78, 5) is 75.7. The molecule has 0 aromatic heterocycles. The smallest absolute Gasteiger partial charge is 0.355 e. The number of halogens is 3. The fourth-order valence-electron chi connectivity index (χ4n) is 4.37. The molecule has 210 valence electrons. The van der Waals surface area contributed by atoms with Gasteiger partial charge in [0.05, 0.1) is 5.92 Å². The molecule has 3 unspecified atom stereocenters. The summed E-state index contributed by atoms with van der Waals surface area (Å²) in [5.41, 5.74) is 0.383. The SMILES string of the molecule is CC(=O)C(CC1S[C@H]2C(NC(=O)C(O)c3ccccc3C=O)C(=O)N2C(C(=O)OCC(Cl)(Cl)Cl)=C1C)C(C)=O. The van der Waals surface area contributed by atoms with E-state index in [1.54, 1.807) is 19.1 Å². The number of rotatable bonds is 10. The van der Waals surface area contributed by atoms with Gasteiger partial charge < -0.3 is 15.2 Å². The summed E-state index contributed by atoms with van der Waals surface area (Å²) in [5.74, 6) is -4.22. The monoisotopic (exact) mass is 618 g/mol. The highest BCUT2D eigenvalue weighted by atomic mass is 35.6. The second-order valence-electron chi connectivity index (χ2n) is 9.09. The van der Waals surface area contributed by atoms with Crippen molar-refractivity contribution < 1.29 is 38.6 Å². The molecule has 4 atom stereocenters. The number of ketones is 2. The standard InChI is InChI=1S/C25H25Cl3N2O8S/c1-11-17(8-16(12(2)32)13(3)33)39-23-18(22(36)30(23)19(11)24(37)38-10-25(26,27)28)29-21(35)20(34)15-7-5-4-6-14(15)9-31/h4-7,9,16-18,20,23,34H,8,10H2,1-3H3,(H,29,35)/t17?,18?,20?,23-/m0/s1. The van der Waals surface area contributed by atoms with Crippen LogP contribution in [0.15, 0.2) is 35.5 Å². The van der Waals surface area contributed by atoms with E-state index in [0.29, 0.717) is 11.9 Å². The quantitative estimate of drug-likeness (QED) is 0.133. The Morgan fingerprint density at radius 3 is 2.36 bits per heavy atom. The maximum absolute atomic E-state index is 13.2. The summed E-state index contributed by atoms with van der Waals surface area (Å²) in [5, 5.41) is 11.6. The van der Waals surface area contributed by atoms with Crippen LogP contribution in [0.5, 0.6) is 0 Å². The molecule has 2 aliphatic heterocycles. The van der Waals surface area contributed by atoms with Gasteiger partial charge in [-0.05, 0) is 32.8 Å². The Morgan fingerprint density at radius 1 is 1.18 bits per heavy atom. The van der Waals surface area contributed by atoms with Crippen LogP contribution in [0.4, 0.5) is 0 Å². The molecule has 1 aromatic carbocycles. The molecule has 0 aliphatic carbocycles. The predicted octanol–water partition coefficient (Wildman–Crippen LogP) is 2.67. The Bertz CT molecular complexity index is 1230. The van der Waals surface area contributed by atoms with Crippen molar-refractivity contribution >= 4 is 82.2 Å². The molecule has 3 rings (SSSR count). The number of β-lactam (4-membered cyclic amide) rings is 1. The fraction of sp³-hybridized carbons (Fsp3) is 0.440. The van der Waals surface area contributed by atoms with Gasteiger partial charge in [-0.3, -0.25) is 28.9 Å². The van der Waals surface area contributed by atoms with Crippen molar-refractivity contribution in [1.29, 1.82) is 0 Å². The molecule has 0 spiro atoms. The zero-order valence-electron chi connectivity index (χ0n) is 21.0. The number of thioether (sulfide) groups is 1. The van der Waals surface area contributed by atoms with Crippen molar-refractivity contribution in [3.05, 3.63) is 46.7 Å². The molecule has 39 heavy (non-hydrogen) atoms. The lowest BCUT2D eigenvalue weighted by Gasteiger charge is -2.51. The lowest BCUT2D eigenvalue weighted by atomic mass is 9.91. The van der Waals surface area contributed by atoms with Crippen LogP contribution >= 0.6 is 46.6 Å². The minimum atomic E-state index is -1.91. The summed E-state index contributed by atoms with van der Waals surface area (Å²) in [7, 11) is 0. The molecule has 2 amide bonds. The maximum Gasteiger partial charge on any atom is 0.355 e. The van der Waals surface area contributed by atoms with Crippen LogP contribution in [0.25, 0.3) is 0 Å². The highest BCUT2D eigenvalue weighted by Crippen LogP contribution is 2.46. The van der Waals surface area contributed by atoms with Crippen molar-refractivity contribution in [2.45, 2.75) is 53.8 Å². The van der Waals surface area contributed by atoms with Crippen molar-refractivity contribution in [3.63, 3.8) is 0 Å². The Hall–Kier alpha value is -2.44. The molecule has 2 N–H and O–H groups in total. The van der Waals surface area contributed by atoms with Gasteiger partial charge >= 0.3 is 5.97 Å². The second kappa shape index (κ2) is 12.4. The molecule has 0 bridgehead atoms. The zero-order chi connectivity index (χ0) is 29.2. The number of fused-ring (bicyclic) bond motifs is 1. The van der Waals surface area contributed by atoms with Crippen molar-refractivity contribution in [2.24, 2.45) is 5.92 Å². The number of nitrogens with zero attached hydrogens (tertiary/aromatic N) is 1. The summed E-state index contributed by atoms with van der Waals surface area (Å²) in [6, 6.07) is 4.78. The van der Waals surface area contributed by atoms with E-state index in [-0.39, 0.29) is 34.8 Å². The number of benzene rings is 1. The van der Waals surface area contributed by atoms with Crippen LogP contribution in [0, 0.1) is 5.92 Å². The van der Waals surface area contributed by atoms with Crippen molar-refractivity contribution in [2.75, 3.05) is 6.61 Å². The number of carbonyl (C=O) groups is 6. The van der Waals surface area contributed by atoms with Gasteiger partial charge in [0.15, 0.2) is 6.10 Å². The highest BCUT2D eigenvalue weighted by Gasteiger charge is 2.56. The third kappa shape index (κ3) is 6.83. The Labute approximate surface area is 243 Å². The first-order valence-corrected chi connectivity index (χ1v) is 13.7. The number of aliphatic hydroxyl groups excluding tert-OH is 1. The minimum Gasteiger partial charge on any atom is -0.456 e. The number of hydrogen-bond donors (Lipinski definition) is 2. The van der Waals surface area contributed by atoms with Crippen LogP contribution in [0.2, 0.25) is 0 Å². The summed E-state index contributed by atoms with van der Waals surface area (Å²) in [6.07, 6.45) is -1.22. The Balaban J connectivity index is 1.90. The molecule has 0 saturated carbocycles. The first-order valence-electron chi connectivity index (χ1n) is 11.6. The zero-order valence-corrected chi connectivity index (χ0v) is 24.1. The van der Waals surface area contributed by atoms with Gasteiger partial charge in [-0.25, -0.2) is 4.79 Å². The van der Waals surface area contributed by atoms with E-state index in [4.69, 9.17) is 39.5 Å². The van der Waals surface area contributed by atoms with Crippen LogP contribution in [0.1, 0.15) is 49.2 Å². The number of nitrogens with one attached hydrogen (secondary N) is 1. The predicted molar refractivity (Wildman–Crippen MR) is 144 cm³/mol. The average molecular weight is 620 g/mol.